The molecular formula is C11H13N5O3S. The molecule has 2 heterocycles. The predicted molar refractivity (Wildman–Crippen MR) is 71.7 cm³/mol. The van der Waals surface area contributed by atoms with Gasteiger partial charge in [-0.3, -0.25) is 9.59 Å². The summed E-state index contributed by atoms with van der Waals surface area (Å²) in [6, 6.07) is 1.33. The van der Waals surface area contributed by atoms with E-state index < -0.39 is 11.5 Å². The van der Waals surface area contributed by atoms with Gasteiger partial charge < -0.3 is 14.2 Å². The van der Waals surface area contributed by atoms with Crippen molar-refractivity contribution in [2.24, 2.45) is 0 Å². The molecule has 8 nitrogen and oxygen atoms in total. The van der Waals surface area contributed by atoms with Crippen LogP contribution in [0.15, 0.2) is 28.5 Å². The molecule has 0 bridgehead atoms. The lowest BCUT2D eigenvalue weighted by atomic mass is 10.5. The lowest BCUT2D eigenvalue weighted by molar-refractivity contribution is -0.133. The van der Waals surface area contributed by atoms with Crippen LogP contribution in [0, 0.1) is 0 Å². The van der Waals surface area contributed by atoms with Gasteiger partial charge in [-0.2, -0.15) is 4.98 Å². The van der Waals surface area contributed by atoms with Gasteiger partial charge in [-0.1, -0.05) is 11.8 Å². The molecule has 2 rings (SSSR count). The van der Waals surface area contributed by atoms with Crippen molar-refractivity contribution in [3.63, 3.8) is 0 Å². The fourth-order valence-corrected chi connectivity index (χ4v) is 2.29. The van der Waals surface area contributed by atoms with Crippen LogP contribution in [0.4, 0.5) is 0 Å². The van der Waals surface area contributed by atoms with E-state index in [0.717, 1.165) is 24.1 Å². The van der Waals surface area contributed by atoms with Gasteiger partial charge in [-0.25, -0.2) is 0 Å². The molecule has 0 fully saturated rings. The van der Waals surface area contributed by atoms with Crippen molar-refractivity contribution in [1.29, 1.82) is 0 Å². The number of hydrogen-bond acceptors (Lipinski definition) is 6. The summed E-state index contributed by atoms with van der Waals surface area (Å²) in [5, 5.41) is 16.9. The number of aromatic nitrogens is 5. The third-order valence-electron chi connectivity index (χ3n) is 2.52. The zero-order valence-electron chi connectivity index (χ0n) is 10.8. The van der Waals surface area contributed by atoms with Gasteiger partial charge in [-0.15, -0.1) is 10.2 Å². The molecule has 20 heavy (non-hydrogen) atoms. The number of carboxylic acids is 1. The minimum Gasteiger partial charge on any atom is -0.481 e. The van der Waals surface area contributed by atoms with Gasteiger partial charge in [-0.05, 0) is 6.92 Å². The van der Waals surface area contributed by atoms with E-state index in [9.17, 15) is 9.59 Å². The zero-order valence-corrected chi connectivity index (χ0v) is 11.6. The van der Waals surface area contributed by atoms with E-state index in [1.54, 1.807) is 17.1 Å². The van der Waals surface area contributed by atoms with Gasteiger partial charge in [0.2, 0.25) is 0 Å². The smallest absolute Gasteiger partial charge is 0.313 e. The van der Waals surface area contributed by atoms with Crippen molar-refractivity contribution in [3.05, 3.63) is 34.8 Å². The van der Waals surface area contributed by atoms with Crippen molar-refractivity contribution in [1.82, 2.24) is 24.3 Å². The molecule has 1 N–H and O–H groups in total. The fourth-order valence-electron chi connectivity index (χ4n) is 1.59. The number of nitrogens with zero attached hydrogens (tertiary/aromatic N) is 5. The molecule has 0 unspecified atom stereocenters. The van der Waals surface area contributed by atoms with Crippen LogP contribution in [-0.4, -0.2) is 41.1 Å². The van der Waals surface area contributed by atoms with E-state index in [1.165, 1.54) is 6.07 Å². The van der Waals surface area contributed by atoms with E-state index in [-0.39, 0.29) is 5.75 Å². The Hall–Kier alpha value is -2.16. The van der Waals surface area contributed by atoms with Crippen LogP contribution in [0.3, 0.4) is 0 Å². The molecule has 0 saturated carbocycles. The van der Waals surface area contributed by atoms with Crippen LogP contribution in [0.1, 0.15) is 12.7 Å². The van der Waals surface area contributed by atoms with Crippen LogP contribution < -0.4 is 5.56 Å². The Morgan fingerprint density at radius 3 is 2.95 bits per heavy atom. The van der Waals surface area contributed by atoms with Crippen LogP contribution in [0.5, 0.6) is 0 Å². The lowest BCUT2D eigenvalue weighted by Crippen LogP contribution is -2.16. The number of rotatable bonds is 6. The summed E-state index contributed by atoms with van der Waals surface area (Å²) in [6.45, 7) is 3.08. The number of hydrogen-bond donors (Lipinski definition) is 1. The van der Waals surface area contributed by atoms with E-state index in [4.69, 9.17) is 5.11 Å². The number of carbonyl (C=O) groups is 1. The van der Waals surface area contributed by atoms with Crippen molar-refractivity contribution in [2.45, 2.75) is 25.2 Å². The quantitative estimate of drug-likeness (QED) is 0.594. The first-order valence-electron chi connectivity index (χ1n) is 5.89. The molecule has 0 aliphatic heterocycles. The molecule has 0 saturated heterocycles. The Kier molecular flexibility index (Phi) is 4.51. The van der Waals surface area contributed by atoms with Crippen LogP contribution in [-0.2, 0) is 17.9 Å². The molecule has 0 radical (unpaired) electrons. The highest BCUT2D eigenvalue weighted by molar-refractivity contribution is 7.99. The Bertz CT molecular complexity index is 666. The van der Waals surface area contributed by atoms with Gasteiger partial charge in [0.25, 0.3) is 5.56 Å². The zero-order chi connectivity index (χ0) is 14.5. The fraction of sp³-hybridized carbons (Fsp3) is 0.364. The normalized spacial score (nSPS) is 10.7. The summed E-state index contributed by atoms with van der Waals surface area (Å²) in [5.41, 5.74) is -0.397. The number of thioether (sulfide) groups is 1. The molecule has 0 aromatic carbocycles. The van der Waals surface area contributed by atoms with Gasteiger partial charge in [0.1, 0.15) is 6.33 Å². The van der Waals surface area contributed by atoms with E-state index in [0.29, 0.717) is 11.7 Å². The Labute approximate surface area is 118 Å². The molecule has 9 heteroatoms. The summed E-state index contributed by atoms with van der Waals surface area (Å²) >= 11 is 0.999. The SMILES string of the molecule is CCn1cnnc1Cn1ccc(=O)nc1SCC(=O)O. The highest BCUT2D eigenvalue weighted by atomic mass is 32.2. The maximum atomic E-state index is 11.3. The first-order valence-corrected chi connectivity index (χ1v) is 6.87. The molecular weight excluding hydrogens is 282 g/mol. The van der Waals surface area contributed by atoms with E-state index >= 15 is 0 Å². The predicted octanol–water partition coefficient (Wildman–Crippen LogP) is 0.0797. The summed E-state index contributed by atoms with van der Waals surface area (Å²) in [7, 11) is 0. The summed E-state index contributed by atoms with van der Waals surface area (Å²) in [5.74, 6) is -0.400. The number of carboxylic acid groups (broad SMARTS) is 1. The Morgan fingerprint density at radius 1 is 1.45 bits per heavy atom. The van der Waals surface area contributed by atoms with Crippen molar-refractivity contribution < 1.29 is 9.90 Å². The maximum absolute atomic E-state index is 11.3. The third kappa shape index (κ3) is 3.44. The highest BCUT2D eigenvalue weighted by Crippen LogP contribution is 2.14. The van der Waals surface area contributed by atoms with Crippen molar-refractivity contribution in [3.8, 4) is 0 Å². The first kappa shape index (κ1) is 14.3. The second-order valence-electron chi connectivity index (χ2n) is 3.89. The molecule has 0 atom stereocenters. The standard InChI is InChI=1S/C11H13N5O3S/c1-2-15-7-12-14-8(15)5-16-4-3-9(17)13-11(16)20-6-10(18)19/h3-4,7H,2,5-6H2,1H3,(H,18,19). The number of aryl methyl sites for hydroxylation is 1. The van der Waals surface area contributed by atoms with Gasteiger partial charge >= 0.3 is 5.97 Å². The molecule has 0 aliphatic carbocycles. The molecule has 0 aliphatic rings. The molecule has 2 aromatic rings. The van der Waals surface area contributed by atoms with Crippen LogP contribution in [0.2, 0.25) is 0 Å². The topological polar surface area (TPSA) is 103 Å². The average Bonchev–Trinajstić information content (AvgIpc) is 2.86. The Balaban J connectivity index is 2.26. The second-order valence-corrected chi connectivity index (χ2v) is 4.83. The second kappa shape index (κ2) is 6.33. The summed E-state index contributed by atoms with van der Waals surface area (Å²) in [6.07, 6.45) is 3.20. The summed E-state index contributed by atoms with van der Waals surface area (Å²) in [4.78, 5) is 25.7. The maximum Gasteiger partial charge on any atom is 0.313 e. The van der Waals surface area contributed by atoms with Crippen LogP contribution >= 0.6 is 11.8 Å². The monoisotopic (exact) mass is 295 g/mol. The van der Waals surface area contributed by atoms with E-state index in [2.05, 4.69) is 15.2 Å². The summed E-state index contributed by atoms with van der Waals surface area (Å²) < 4.78 is 3.55. The van der Waals surface area contributed by atoms with Gasteiger partial charge in [0, 0.05) is 18.8 Å². The molecule has 106 valence electrons. The largest absolute Gasteiger partial charge is 0.481 e. The number of aliphatic carboxylic acids is 1. The highest BCUT2D eigenvalue weighted by Gasteiger charge is 2.10. The van der Waals surface area contributed by atoms with Gasteiger partial charge in [0.05, 0.1) is 12.3 Å². The first-order chi connectivity index (χ1) is 9.60. The average molecular weight is 295 g/mol. The van der Waals surface area contributed by atoms with E-state index in [1.807, 2.05) is 11.5 Å². The Morgan fingerprint density at radius 2 is 2.25 bits per heavy atom. The molecule has 2 aromatic heterocycles. The van der Waals surface area contributed by atoms with Crippen LogP contribution in [0.25, 0.3) is 0 Å². The van der Waals surface area contributed by atoms with Gasteiger partial charge in [0.15, 0.2) is 11.0 Å². The minimum absolute atomic E-state index is 0.156. The van der Waals surface area contributed by atoms with Crippen molar-refractivity contribution >= 4 is 17.7 Å². The lowest BCUT2D eigenvalue weighted by Gasteiger charge is -2.10. The van der Waals surface area contributed by atoms with Crippen molar-refractivity contribution in [2.75, 3.05) is 5.75 Å². The minimum atomic E-state index is -0.962. The molecule has 0 amide bonds. The molecule has 0 spiro atoms. The third-order valence-corrected chi connectivity index (χ3v) is 3.50.